The molecule has 26 heavy (non-hydrogen) atoms. The van der Waals surface area contributed by atoms with Crippen LogP contribution < -0.4 is 4.90 Å². The third kappa shape index (κ3) is 5.88. The van der Waals surface area contributed by atoms with Gasteiger partial charge in [0.25, 0.3) is 0 Å². The Hall–Kier alpha value is -1.80. The normalized spacial score (nSPS) is 11.5. The van der Waals surface area contributed by atoms with Gasteiger partial charge in [-0.15, -0.1) is 0 Å². The van der Waals surface area contributed by atoms with Crippen molar-refractivity contribution in [3.05, 3.63) is 48.8 Å². The SMILES string of the molecule is CCO[Si](CCCN(c1ccccn1)c1ccccn1)(OCC)OCC. The second-order valence-electron chi connectivity index (χ2n) is 5.61. The lowest BCUT2D eigenvalue weighted by atomic mass is 10.3. The van der Waals surface area contributed by atoms with Crippen LogP contribution in [0.2, 0.25) is 6.04 Å². The molecule has 0 bridgehead atoms. The van der Waals surface area contributed by atoms with Crippen molar-refractivity contribution in [2.75, 3.05) is 31.3 Å². The van der Waals surface area contributed by atoms with Crippen LogP contribution in [0.5, 0.6) is 0 Å². The maximum Gasteiger partial charge on any atom is 0.500 e. The van der Waals surface area contributed by atoms with Gasteiger partial charge in [-0.05, 0) is 51.5 Å². The third-order valence-corrected chi connectivity index (χ3v) is 6.96. The molecular weight excluding hydrogens is 346 g/mol. The number of hydrogen-bond donors (Lipinski definition) is 0. The molecule has 0 aliphatic heterocycles. The Morgan fingerprint density at radius 2 is 1.31 bits per heavy atom. The average molecular weight is 376 g/mol. The molecule has 7 heteroatoms. The Balaban J connectivity index is 2.11. The Bertz CT molecular complexity index is 559. The van der Waals surface area contributed by atoms with Gasteiger partial charge in [-0.2, -0.15) is 0 Å². The molecule has 2 rings (SSSR count). The van der Waals surface area contributed by atoms with E-state index in [1.165, 1.54) is 0 Å². The number of pyridine rings is 2. The molecule has 0 aliphatic carbocycles. The Kier molecular flexibility index (Phi) is 8.70. The van der Waals surface area contributed by atoms with E-state index in [2.05, 4.69) is 14.9 Å². The minimum Gasteiger partial charge on any atom is -0.374 e. The summed E-state index contributed by atoms with van der Waals surface area (Å²) in [5.41, 5.74) is 0. The Labute approximate surface area is 157 Å². The van der Waals surface area contributed by atoms with E-state index in [0.717, 1.165) is 30.6 Å². The van der Waals surface area contributed by atoms with Crippen LogP contribution in [0.4, 0.5) is 11.6 Å². The van der Waals surface area contributed by atoms with E-state index >= 15 is 0 Å². The van der Waals surface area contributed by atoms with E-state index in [1.807, 2.05) is 57.2 Å². The minimum atomic E-state index is -2.63. The summed E-state index contributed by atoms with van der Waals surface area (Å²) in [4.78, 5) is 11.1. The molecule has 2 aromatic rings. The molecule has 0 atom stereocenters. The smallest absolute Gasteiger partial charge is 0.374 e. The molecule has 0 unspecified atom stereocenters. The molecule has 2 aromatic heterocycles. The number of hydrogen-bond acceptors (Lipinski definition) is 6. The van der Waals surface area contributed by atoms with Crippen LogP contribution in [0.1, 0.15) is 27.2 Å². The van der Waals surface area contributed by atoms with Crippen LogP contribution in [-0.4, -0.2) is 45.1 Å². The molecule has 0 radical (unpaired) electrons. The Morgan fingerprint density at radius 1 is 0.808 bits per heavy atom. The second kappa shape index (κ2) is 11.0. The van der Waals surface area contributed by atoms with Crippen molar-refractivity contribution >= 4 is 20.4 Å². The lowest BCUT2D eigenvalue weighted by Gasteiger charge is -2.29. The molecule has 0 amide bonds. The molecular formula is C19H29N3O3Si. The van der Waals surface area contributed by atoms with Crippen LogP contribution in [0.15, 0.2) is 48.8 Å². The van der Waals surface area contributed by atoms with Gasteiger partial charge in [-0.25, -0.2) is 9.97 Å². The molecule has 0 saturated carbocycles. The highest BCUT2D eigenvalue weighted by Gasteiger charge is 2.39. The second-order valence-corrected chi connectivity index (χ2v) is 8.35. The van der Waals surface area contributed by atoms with Gasteiger partial charge in [0.15, 0.2) is 0 Å². The highest BCUT2D eigenvalue weighted by atomic mass is 28.4. The lowest BCUT2D eigenvalue weighted by molar-refractivity contribution is 0.0710. The van der Waals surface area contributed by atoms with Gasteiger partial charge in [0.1, 0.15) is 11.6 Å². The van der Waals surface area contributed by atoms with E-state index in [0.29, 0.717) is 19.8 Å². The zero-order valence-corrected chi connectivity index (χ0v) is 16.9. The first-order chi connectivity index (χ1) is 12.7. The van der Waals surface area contributed by atoms with Crippen LogP contribution >= 0.6 is 0 Å². The van der Waals surface area contributed by atoms with Gasteiger partial charge in [-0.3, -0.25) is 0 Å². The van der Waals surface area contributed by atoms with Gasteiger partial charge in [0.05, 0.1) is 0 Å². The van der Waals surface area contributed by atoms with Gasteiger partial charge in [-0.1, -0.05) is 12.1 Å². The molecule has 6 nitrogen and oxygen atoms in total. The largest absolute Gasteiger partial charge is 0.500 e. The highest BCUT2D eigenvalue weighted by Crippen LogP contribution is 2.24. The van der Waals surface area contributed by atoms with E-state index < -0.39 is 8.80 Å². The van der Waals surface area contributed by atoms with Crippen molar-refractivity contribution < 1.29 is 13.3 Å². The number of anilines is 2. The van der Waals surface area contributed by atoms with Gasteiger partial charge in [0.2, 0.25) is 0 Å². The predicted octanol–water partition coefficient (Wildman–Crippen LogP) is 4.05. The van der Waals surface area contributed by atoms with Crippen molar-refractivity contribution in [3.63, 3.8) is 0 Å². The zero-order valence-electron chi connectivity index (χ0n) is 15.9. The lowest BCUT2D eigenvalue weighted by Crippen LogP contribution is -2.46. The minimum absolute atomic E-state index is 0.594. The molecule has 142 valence electrons. The maximum atomic E-state index is 5.95. The predicted molar refractivity (Wildman–Crippen MR) is 106 cm³/mol. The van der Waals surface area contributed by atoms with Crippen LogP contribution in [-0.2, 0) is 13.3 Å². The van der Waals surface area contributed by atoms with Gasteiger partial charge < -0.3 is 18.2 Å². The summed E-state index contributed by atoms with van der Waals surface area (Å²) in [5.74, 6) is 1.75. The summed E-state index contributed by atoms with van der Waals surface area (Å²) in [5, 5.41) is 0. The number of aromatic nitrogens is 2. The maximum absolute atomic E-state index is 5.95. The van der Waals surface area contributed by atoms with Gasteiger partial charge in [0, 0.05) is 44.8 Å². The van der Waals surface area contributed by atoms with E-state index in [-0.39, 0.29) is 0 Å². The van der Waals surface area contributed by atoms with Crippen molar-refractivity contribution in [3.8, 4) is 0 Å². The molecule has 2 heterocycles. The van der Waals surface area contributed by atoms with Gasteiger partial charge >= 0.3 is 8.80 Å². The fourth-order valence-electron chi connectivity index (χ4n) is 2.83. The average Bonchev–Trinajstić information content (AvgIpc) is 2.67. The van der Waals surface area contributed by atoms with Crippen molar-refractivity contribution in [2.24, 2.45) is 0 Å². The summed E-state index contributed by atoms with van der Waals surface area (Å²) >= 11 is 0. The van der Waals surface area contributed by atoms with Crippen LogP contribution in [0, 0.1) is 0 Å². The molecule has 0 aromatic carbocycles. The van der Waals surface area contributed by atoms with Crippen molar-refractivity contribution in [1.82, 2.24) is 9.97 Å². The quantitative estimate of drug-likeness (QED) is 0.522. The molecule has 0 fully saturated rings. The fourth-order valence-corrected chi connectivity index (χ4v) is 5.42. The first-order valence-corrected chi connectivity index (χ1v) is 11.2. The monoisotopic (exact) mass is 375 g/mol. The highest BCUT2D eigenvalue weighted by molar-refractivity contribution is 6.60. The summed E-state index contributed by atoms with van der Waals surface area (Å²) in [6, 6.07) is 12.5. The fraction of sp³-hybridized carbons (Fsp3) is 0.474. The summed E-state index contributed by atoms with van der Waals surface area (Å²) in [6.45, 7) is 8.48. The van der Waals surface area contributed by atoms with Crippen LogP contribution in [0.3, 0.4) is 0 Å². The van der Waals surface area contributed by atoms with E-state index in [4.69, 9.17) is 13.3 Å². The van der Waals surface area contributed by atoms with Crippen molar-refractivity contribution in [2.45, 2.75) is 33.2 Å². The Morgan fingerprint density at radius 3 is 1.69 bits per heavy atom. The number of rotatable bonds is 12. The molecule has 0 aliphatic rings. The standard InChI is InChI=1S/C19H29N3O3Si/c1-4-23-26(24-5-2,25-6-3)17-11-16-22(18-12-7-9-14-20-18)19-13-8-10-15-21-19/h7-10,12-15H,4-6,11,16-17H2,1-3H3. The number of nitrogens with zero attached hydrogens (tertiary/aromatic N) is 3. The molecule has 0 spiro atoms. The first-order valence-electron chi connectivity index (χ1n) is 9.26. The first kappa shape index (κ1) is 20.5. The molecule has 0 N–H and O–H groups in total. The van der Waals surface area contributed by atoms with E-state index in [9.17, 15) is 0 Å². The van der Waals surface area contributed by atoms with E-state index in [1.54, 1.807) is 12.4 Å². The topological polar surface area (TPSA) is 56.7 Å². The van der Waals surface area contributed by atoms with Crippen LogP contribution in [0.25, 0.3) is 0 Å². The summed E-state index contributed by atoms with van der Waals surface area (Å²) in [7, 11) is -2.63. The molecule has 0 saturated heterocycles. The van der Waals surface area contributed by atoms with Crippen molar-refractivity contribution in [1.29, 1.82) is 0 Å². The zero-order chi connectivity index (χ0) is 18.7. The summed E-state index contributed by atoms with van der Waals surface area (Å²) < 4.78 is 17.8. The third-order valence-electron chi connectivity index (χ3n) is 3.81. The summed E-state index contributed by atoms with van der Waals surface area (Å²) in [6.07, 6.45) is 4.45.